The third-order valence-electron chi connectivity index (χ3n) is 6.99. The van der Waals surface area contributed by atoms with Crippen molar-refractivity contribution < 1.29 is 19.1 Å². The van der Waals surface area contributed by atoms with Crippen molar-refractivity contribution in [2.24, 2.45) is 0 Å². The summed E-state index contributed by atoms with van der Waals surface area (Å²) in [6, 6.07) is 22.4. The van der Waals surface area contributed by atoms with Gasteiger partial charge >= 0.3 is 6.03 Å². The number of barbiturate groups is 1. The zero-order valence-electron chi connectivity index (χ0n) is 21.8. The van der Waals surface area contributed by atoms with E-state index in [1.165, 1.54) is 0 Å². The Hall–Kier alpha value is -4.23. The highest BCUT2D eigenvalue weighted by Crippen LogP contribution is 2.41. The summed E-state index contributed by atoms with van der Waals surface area (Å²) in [5.74, 6) is -0.567. The molecule has 0 spiro atoms. The van der Waals surface area contributed by atoms with Crippen LogP contribution in [-0.2, 0) is 16.2 Å². The number of nitrogens with one attached hydrogen (secondary N) is 1. The largest absolute Gasteiger partial charge is 0.489 e. The molecule has 0 radical (unpaired) electrons. The standard InChI is InChI=1S/C32H27BrN2O4/c1-19-16-25(11-14-28(19)33)35-31(37)27(30(36)34-32(35)38)17-24-15-20(2)29(21(24)3)23-9-12-26(13-10-23)39-18-22-7-5-4-6-8-22/h4-17,29H,18H2,1-3H3,(H,34,36,38)/b27-17+/t29-/m1/s1. The van der Waals surface area contributed by atoms with Crippen molar-refractivity contribution in [1.82, 2.24) is 5.32 Å². The Morgan fingerprint density at radius 3 is 2.36 bits per heavy atom. The summed E-state index contributed by atoms with van der Waals surface area (Å²) in [7, 11) is 0. The molecule has 3 aromatic carbocycles. The van der Waals surface area contributed by atoms with Crippen molar-refractivity contribution in [2.45, 2.75) is 33.3 Å². The number of anilines is 1. The van der Waals surface area contributed by atoms with Gasteiger partial charge in [-0.2, -0.15) is 0 Å². The van der Waals surface area contributed by atoms with E-state index in [1.54, 1.807) is 24.3 Å². The van der Waals surface area contributed by atoms with Crippen molar-refractivity contribution in [3.8, 4) is 5.75 Å². The summed E-state index contributed by atoms with van der Waals surface area (Å²) in [6.07, 6.45) is 3.57. The van der Waals surface area contributed by atoms with Gasteiger partial charge in [-0.15, -0.1) is 0 Å². The van der Waals surface area contributed by atoms with Crippen LogP contribution < -0.4 is 15.0 Å². The summed E-state index contributed by atoms with van der Waals surface area (Å²) >= 11 is 3.43. The fourth-order valence-corrected chi connectivity index (χ4v) is 5.18. The number of allylic oxidation sites excluding steroid dienone is 5. The second kappa shape index (κ2) is 10.9. The minimum absolute atomic E-state index is 0.00800. The number of nitrogens with zero attached hydrogens (tertiary/aromatic N) is 1. The van der Waals surface area contributed by atoms with Gasteiger partial charge in [-0.25, -0.2) is 9.69 Å². The van der Waals surface area contributed by atoms with Gasteiger partial charge in [-0.1, -0.05) is 75.6 Å². The molecule has 196 valence electrons. The monoisotopic (exact) mass is 582 g/mol. The van der Waals surface area contributed by atoms with Crippen LogP contribution in [0.15, 0.2) is 112 Å². The zero-order valence-corrected chi connectivity index (χ0v) is 23.4. The van der Waals surface area contributed by atoms with Crippen LogP contribution in [0.2, 0.25) is 0 Å². The molecule has 0 unspecified atom stereocenters. The molecule has 0 saturated carbocycles. The highest BCUT2D eigenvalue weighted by atomic mass is 79.9. The molecular weight excluding hydrogens is 556 g/mol. The Morgan fingerprint density at radius 1 is 0.949 bits per heavy atom. The topological polar surface area (TPSA) is 75.7 Å². The van der Waals surface area contributed by atoms with Crippen molar-refractivity contribution in [3.63, 3.8) is 0 Å². The minimum atomic E-state index is -0.764. The Bertz CT molecular complexity index is 1570. The number of halogens is 1. The summed E-state index contributed by atoms with van der Waals surface area (Å²) in [5, 5.41) is 2.31. The third kappa shape index (κ3) is 5.36. The van der Waals surface area contributed by atoms with E-state index in [-0.39, 0.29) is 11.5 Å². The number of aryl methyl sites for hydroxylation is 1. The quantitative estimate of drug-likeness (QED) is 0.253. The maximum absolute atomic E-state index is 13.4. The van der Waals surface area contributed by atoms with E-state index in [9.17, 15) is 14.4 Å². The highest BCUT2D eigenvalue weighted by Gasteiger charge is 2.37. The Morgan fingerprint density at radius 2 is 1.67 bits per heavy atom. The maximum atomic E-state index is 13.4. The SMILES string of the molecule is CC1=CC(/C=C2\C(=O)NC(=O)N(c3ccc(Br)c(C)c3)C2=O)=C(C)[C@@H]1c1ccc(OCc2ccccc2)cc1. The number of hydrogen-bond acceptors (Lipinski definition) is 4. The number of imide groups is 2. The van der Waals surface area contributed by atoms with E-state index >= 15 is 0 Å². The minimum Gasteiger partial charge on any atom is -0.489 e. The Kier molecular flexibility index (Phi) is 7.35. The van der Waals surface area contributed by atoms with Crippen LogP contribution in [0.3, 0.4) is 0 Å². The number of carbonyl (C=O) groups is 3. The molecule has 3 aromatic rings. The summed E-state index contributed by atoms with van der Waals surface area (Å²) < 4.78 is 6.78. The number of amides is 4. The molecule has 1 atom stereocenters. The van der Waals surface area contributed by atoms with Gasteiger partial charge in [0.2, 0.25) is 0 Å². The average molecular weight is 583 g/mol. The molecule has 7 heteroatoms. The number of hydrogen-bond donors (Lipinski definition) is 1. The molecule has 39 heavy (non-hydrogen) atoms. The van der Waals surface area contributed by atoms with Crippen LogP contribution in [0, 0.1) is 6.92 Å². The molecule has 4 amide bonds. The first-order valence-corrected chi connectivity index (χ1v) is 13.4. The van der Waals surface area contributed by atoms with Gasteiger partial charge < -0.3 is 4.74 Å². The predicted octanol–water partition coefficient (Wildman–Crippen LogP) is 6.91. The predicted molar refractivity (Wildman–Crippen MR) is 154 cm³/mol. The van der Waals surface area contributed by atoms with E-state index in [0.717, 1.165) is 48.5 Å². The lowest BCUT2D eigenvalue weighted by Gasteiger charge is -2.26. The van der Waals surface area contributed by atoms with Gasteiger partial charge in [0.1, 0.15) is 17.9 Å². The molecule has 2 aliphatic rings. The Labute approximate surface area is 235 Å². The van der Waals surface area contributed by atoms with E-state index < -0.39 is 17.8 Å². The van der Waals surface area contributed by atoms with E-state index in [1.807, 2.05) is 81.4 Å². The molecule has 1 aliphatic heterocycles. The molecule has 1 fully saturated rings. The molecule has 1 heterocycles. The van der Waals surface area contributed by atoms with Gasteiger partial charge in [0.15, 0.2) is 0 Å². The lowest BCUT2D eigenvalue weighted by Crippen LogP contribution is -2.54. The van der Waals surface area contributed by atoms with Crippen LogP contribution in [-0.4, -0.2) is 17.8 Å². The van der Waals surface area contributed by atoms with Crippen molar-refractivity contribution in [1.29, 1.82) is 0 Å². The molecule has 5 rings (SSSR count). The van der Waals surface area contributed by atoms with E-state index in [2.05, 4.69) is 21.2 Å². The lowest BCUT2D eigenvalue weighted by atomic mass is 9.89. The van der Waals surface area contributed by atoms with Crippen LogP contribution in [0.4, 0.5) is 10.5 Å². The van der Waals surface area contributed by atoms with Crippen LogP contribution in [0.1, 0.15) is 36.5 Å². The molecule has 1 saturated heterocycles. The zero-order chi connectivity index (χ0) is 27.7. The van der Waals surface area contributed by atoms with Gasteiger partial charge in [-0.3, -0.25) is 14.9 Å². The second-order valence-corrected chi connectivity index (χ2v) is 10.5. The van der Waals surface area contributed by atoms with Crippen molar-refractivity contribution in [3.05, 3.63) is 128 Å². The fraction of sp³-hybridized carbons (Fsp3) is 0.156. The van der Waals surface area contributed by atoms with E-state index in [4.69, 9.17) is 4.74 Å². The van der Waals surface area contributed by atoms with Crippen LogP contribution >= 0.6 is 15.9 Å². The number of urea groups is 1. The second-order valence-electron chi connectivity index (χ2n) is 9.69. The smallest absolute Gasteiger partial charge is 0.335 e. The maximum Gasteiger partial charge on any atom is 0.335 e. The normalized spacial score (nSPS) is 18.5. The molecule has 0 bridgehead atoms. The first-order valence-electron chi connectivity index (χ1n) is 12.6. The Balaban J connectivity index is 1.38. The first-order chi connectivity index (χ1) is 18.7. The summed E-state index contributed by atoms with van der Waals surface area (Å²) in [5.41, 5.74) is 6.25. The highest BCUT2D eigenvalue weighted by molar-refractivity contribution is 9.10. The van der Waals surface area contributed by atoms with Crippen molar-refractivity contribution in [2.75, 3.05) is 4.90 Å². The van der Waals surface area contributed by atoms with Gasteiger partial charge in [0.05, 0.1) is 5.69 Å². The number of ether oxygens (including phenoxy) is 1. The lowest BCUT2D eigenvalue weighted by molar-refractivity contribution is -0.122. The molecule has 1 N–H and O–H groups in total. The molecule has 0 aromatic heterocycles. The molecule has 6 nitrogen and oxygen atoms in total. The van der Waals surface area contributed by atoms with E-state index in [0.29, 0.717) is 12.3 Å². The fourth-order valence-electron chi connectivity index (χ4n) is 4.93. The van der Waals surface area contributed by atoms with Crippen LogP contribution in [0.25, 0.3) is 0 Å². The first kappa shape index (κ1) is 26.4. The molecule has 1 aliphatic carbocycles. The number of rotatable bonds is 6. The van der Waals surface area contributed by atoms with Gasteiger partial charge in [0.25, 0.3) is 11.8 Å². The van der Waals surface area contributed by atoms with Crippen LogP contribution in [0.5, 0.6) is 5.75 Å². The summed E-state index contributed by atoms with van der Waals surface area (Å²) in [6.45, 7) is 6.39. The van der Waals surface area contributed by atoms with Gasteiger partial charge in [-0.05, 0) is 79.4 Å². The number of benzene rings is 3. The third-order valence-corrected chi connectivity index (χ3v) is 7.88. The number of carbonyl (C=O) groups excluding carboxylic acids is 3. The van der Waals surface area contributed by atoms with Gasteiger partial charge in [0, 0.05) is 10.4 Å². The average Bonchev–Trinajstić information content (AvgIpc) is 3.20. The summed E-state index contributed by atoms with van der Waals surface area (Å²) in [4.78, 5) is 39.7. The van der Waals surface area contributed by atoms with Crippen molar-refractivity contribution >= 4 is 39.5 Å². The molecular formula is C32H27BrN2O4.